The van der Waals surface area contributed by atoms with Crippen molar-refractivity contribution < 1.29 is 13.2 Å². The number of rotatable bonds is 7. The van der Waals surface area contributed by atoms with Gasteiger partial charge in [-0.1, -0.05) is 26.8 Å². The van der Waals surface area contributed by atoms with E-state index in [1.54, 1.807) is 6.08 Å². The number of alkyl halides is 3. The highest BCUT2D eigenvalue weighted by atomic mass is 19.4. The van der Waals surface area contributed by atoms with Crippen molar-refractivity contribution in [1.82, 2.24) is 0 Å². The predicted molar refractivity (Wildman–Crippen MR) is 69.6 cm³/mol. The first-order chi connectivity index (χ1) is 8.30. The summed E-state index contributed by atoms with van der Waals surface area (Å²) in [6, 6.07) is 0. The molecule has 2 N–H and O–H groups in total. The summed E-state index contributed by atoms with van der Waals surface area (Å²) in [5, 5.41) is 0. The largest absolute Gasteiger partial charge is 0.398 e. The molecule has 0 bridgehead atoms. The van der Waals surface area contributed by atoms with E-state index in [2.05, 4.69) is 11.6 Å². The maximum absolute atomic E-state index is 12.0. The van der Waals surface area contributed by atoms with E-state index in [1.165, 1.54) is 0 Å². The molecule has 18 heavy (non-hydrogen) atoms. The van der Waals surface area contributed by atoms with Gasteiger partial charge < -0.3 is 5.73 Å². The number of allylic oxidation sites excluding steroid dienone is 2. The molecule has 0 rings (SSSR count). The normalized spacial score (nSPS) is 13.8. The van der Waals surface area contributed by atoms with Crippen LogP contribution in [-0.2, 0) is 0 Å². The van der Waals surface area contributed by atoms with E-state index < -0.39 is 12.6 Å². The van der Waals surface area contributed by atoms with Crippen molar-refractivity contribution in [2.45, 2.75) is 45.7 Å². The molecule has 0 unspecified atom stereocenters. The van der Waals surface area contributed by atoms with Crippen LogP contribution in [0.1, 0.15) is 39.5 Å². The van der Waals surface area contributed by atoms with Gasteiger partial charge in [0.2, 0.25) is 0 Å². The van der Waals surface area contributed by atoms with E-state index in [1.807, 2.05) is 13.8 Å². The van der Waals surface area contributed by atoms with Crippen molar-refractivity contribution in [2.75, 3.05) is 6.54 Å². The van der Waals surface area contributed by atoms with Crippen molar-refractivity contribution in [3.63, 3.8) is 0 Å². The lowest BCUT2D eigenvalue weighted by Crippen LogP contribution is -2.10. The molecule has 2 nitrogen and oxygen atoms in total. The smallest absolute Gasteiger partial charge is 0.390 e. The molecule has 0 aromatic rings. The van der Waals surface area contributed by atoms with Gasteiger partial charge in [-0.2, -0.15) is 13.2 Å². The van der Waals surface area contributed by atoms with E-state index in [9.17, 15) is 13.2 Å². The fraction of sp³-hybridized carbons (Fsp3) is 0.615. The van der Waals surface area contributed by atoms with Crippen molar-refractivity contribution in [3.8, 4) is 0 Å². The Labute approximate surface area is 106 Å². The zero-order valence-corrected chi connectivity index (χ0v) is 11.0. The molecule has 0 aromatic carbocycles. The molecule has 0 aliphatic rings. The quantitative estimate of drug-likeness (QED) is 0.547. The second-order valence-corrected chi connectivity index (χ2v) is 4.05. The Bertz CT molecular complexity index is 328. The summed E-state index contributed by atoms with van der Waals surface area (Å²) in [6.07, 6.45) is -1.18. The van der Waals surface area contributed by atoms with Gasteiger partial charge in [0.1, 0.15) is 0 Å². The molecule has 0 spiro atoms. The van der Waals surface area contributed by atoms with Crippen LogP contribution in [0.3, 0.4) is 0 Å². The molecule has 5 heteroatoms. The van der Waals surface area contributed by atoms with Gasteiger partial charge in [-0.15, -0.1) is 0 Å². The summed E-state index contributed by atoms with van der Waals surface area (Å²) in [4.78, 5) is 3.91. The fourth-order valence-electron chi connectivity index (χ4n) is 1.31. The molecule has 0 heterocycles. The van der Waals surface area contributed by atoms with Gasteiger partial charge in [-0.3, -0.25) is 4.99 Å². The molecule has 0 atom stereocenters. The third kappa shape index (κ3) is 7.92. The maximum Gasteiger partial charge on any atom is 0.390 e. The van der Waals surface area contributed by atoms with Crippen molar-refractivity contribution in [3.05, 3.63) is 23.9 Å². The van der Waals surface area contributed by atoms with E-state index in [0.717, 1.165) is 18.4 Å². The van der Waals surface area contributed by atoms with Gasteiger partial charge >= 0.3 is 6.18 Å². The van der Waals surface area contributed by atoms with Gasteiger partial charge in [-0.05, 0) is 24.5 Å². The molecular formula is C13H21F3N2. The molecule has 0 aromatic heterocycles. The number of nitrogens with two attached hydrogens (primary N) is 1. The Hall–Kier alpha value is -1.26. The summed E-state index contributed by atoms with van der Waals surface area (Å²) in [5.74, 6) is 0. The third-order valence-corrected chi connectivity index (χ3v) is 2.35. The molecule has 0 saturated heterocycles. The highest BCUT2D eigenvalue weighted by Crippen LogP contribution is 2.19. The number of halogens is 3. The Balaban J connectivity index is 4.54. The minimum Gasteiger partial charge on any atom is -0.398 e. The van der Waals surface area contributed by atoms with Gasteiger partial charge in [0.05, 0.1) is 6.42 Å². The summed E-state index contributed by atoms with van der Waals surface area (Å²) in [5.41, 5.74) is 7.68. The van der Waals surface area contributed by atoms with Crippen LogP contribution in [0.25, 0.3) is 0 Å². The van der Waals surface area contributed by atoms with Crippen LogP contribution >= 0.6 is 0 Å². The van der Waals surface area contributed by atoms with Gasteiger partial charge in [-0.25, -0.2) is 0 Å². The Kier molecular flexibility index (Phi) is 7.39. The summed E-state index contributed by atoms with van der Waals surface area (Å²) in [7, 11) is 0. The van der Waals surface area contributed by atoms with Crippen LogP contribution in [-0.4, -0.2) is 18.4 Å². The van der Waals surface area contributed by atoms with Crippen LogP contribution < -0.4 is 5.73 Å². The zero-order valence-electron chi connectivity index (χ0n) is 11.0. The van der Waals surface area contributed by atoms with Crippen molar-refractivity contribution >= 4 is 5.71 Å². The second kappa shape index (κ2) is 7.95. The molecule has 0 fully saturated rings. The maximum atomic E-state index is 12.0. The molecule has 0 aliphatic carbocycles. The van der Waals surface area contributed by atoms with Gasteiger partial charge in [0.15, 0.2) is 0 Å². The zero-order chi connectivity index (χ0) is 14.2. The first kappa shape index (κ1) is 16.7. The van der Waals surface area contributed by atoms with Crippen LogP contribution in [0.2, 0.25) is 0 Å². The average molecular weight is 262 g/mol. The van der Waals surface area contributed by atoms with Gasteiger partial charge in [0, 0.05) is 18.0 Å². The van der Waals surface area contributed by atoms with Crippen molar-refractivity contribution in [2.24, 2.45) is 10.7 Å². The molecule has 0 radical (unpaired) electrons. The van der Waals surface area contributed by atoms with Gasteiger partial charge in [0.25, 0.3) is 0 Å². The molecule has 0 aliphatic heterocycles. The summed E-state index contributed by atoms with van der Waals surface area (Å²) >= 11 is 0. The minimum atomic E-state index is -4.16. The lowest BCUT2D eigenvalue weighted by atomic mass is 10.1. The number of nitrogens with zero attached hydrogens (tertiary/aromatic N) is 1. The van der Waals surface area contributed by atoms with E-state index in [-0.39, 0.29) is 6.54 Å². The fourth-order valence-corrected chi connectivity index (χ4v) is 1.31. The lowest BCUT2D eigenvalue weighted by Gasteiger charge is -2.06. The molecule has 0 amide bonds. The highest BCUT2D eigenvalue weighted by Gasteiger charge is 2.25. The monoisotopic (exact) mass is 262 g/mol. The Morgan fingerprint density at radius 3 is 2.39 bits per heavy atom. The Morgan fingerprint density at radius 2 is 1.94 bits per heavy atom. The first-order valence-electron chi connectivity index (χ1n) is 6.05. The highest BCUT2D eigenvalue weighted by molar-refractivity contribution is 5.95. The number of hydrogen-bond donors (Lipinski definition) is 1. The average Bonchev–Trinajstić information content (AvgIpc) is 2.26. The second-order valence-electron chi connectivity index (χ2n) is 4.05. The number of aliphatic imine (C=N–C) groups is 1. The lowest BCUT2D eigenvalue weighted by molar-refractivity contribution is -0.132. The first-order valence-corrected chi connectivity index (χ1v) is 6.05. The van der Waals surface area contributed by atoms with Crippen molar-refractivity contribution in [1.29, 1.82) is 0 Å². The van der Waals surface area contributed by atoms with Crippen LogP contribution in [0.5, 0.6) is 0 Å². The van der Waals surface area contributed by atoms with Crippen LogP contribution in [0.15, 0.2) is 28.9 Å². The Morgan fingerprint density at radius 1 is 1.33 bits per heavy atom. The molecular weight excluding hydrogens is 241 g/mol. The summed E-state index contributed by atoms with van der Waals surface area (Å²) < 4.78 is 35.9. The van der Waals surface area contributed by atoms with E-state index in [0.29, 0.717) is 17.8 Å². The van der Waals surface area contributed by atoms with E-state index >= 15 is 0 Å². The van der Waals surface area contributed by atoms with E-state index in [4.69, 9.17) is 5.73 Å². The standard InChI is InChI=1S/C13H21F3N2/c1-4-6-10(3)12(17)9-11(5-2)18-8-7-13(14,15)16/h9H,3-8,17H2,1-2H3. The van der Waals surface area contributed by atoms with Crippen LogP contribution in [0, 0.1) is 0 Å². The SMILES string of the molecule is C=C(CCC)C(N)=CC(CC)=NCCC(F)(F)F. The predicted octanol–water partition coefficient (Wildman–Crippen LogP) is 3.99. The topological polar surface area (TPSA) is 38.4 Å². The molecule has 0 saturated carbocycles. The number of hydrogen-bond acceptors (Lipinski definition) is 2. The van der Waals surface area contributed by atoms with Crippen LogP contribution in [0.4, 0.5) is 13.2 Å². The molecule has 104 valence electrons. The minimum absolute atomic E-state index is 0.253. The summed E-state index contributed by atoms with van der Waals surface area (Å²) in [6.45, 7) is 7.41. The third-order valence-electron chi connectivity index (χ3n) is 2.35.